The number of nitrogens with one attached hydrogen (secondary N) is 1. The minimum atomic E-state index is -0.404. The third-order valence-corrected chi connectivity index (χ3v) is 4.87. The van der Waals surface area contributed by atoms with Crippen LogP contribution < -0.4 is 4.90 Å². The van der Waals surface area contributed by atoms with Gasteiger partial charge in [-0.25, -0.2) is 9.97 Å². The van der Waals surface area contributed by atoms with Gasteiger partial charge in [-0.1, -0.05) is 0 Å². The number of fused-ring (bicyclic) bond motifs is 2. The number of aliphatic hydroxyl groups is 1. The average Bonchev–Trinajstić information content (AvgIpc) is 3.19. The van der Waals surface area contributed by atoms with E-state index < -0.39 is 6.61 Å². The molecule has 4 heterocycles. The van der Waals surface area contributed by atoms with Gasteiger partial charge in [0.2, 0.25) is 5.91 Å². The molecule has 0 aliphatic carbocycles. The van der Waals surface area contributed by atoms with Crippen molar-refractivity contribution in [2.75, 3.05) is 24.6 Å². The number of aromatic amines is 1. The van der Waals surface area contributed by atoms with Crippen LogP contribution in [0, 0.1) is 0 Å². The minimum Gasteiger partial charge on any atom is -0.387 e. The van der Waals surface area contributed by atoms with Crippen molar-refractivity contribution >= 4 is 22.8 Å². The molecule has 0 spiro atoms. The molecular weight excluding hydrogens is 282 g/mol. The molecule has 0 radical (unpaired) electrons. The normalized spacial score (nSPS) is 24.8. The van der Waals surface area contributed by atoms with Crippen LogP contribution in [0.5, 0.6) is 0 Å². The molecule has 2 atom stereocenters. The third kappa shape index (κ3) is 1.96. The third-order valence-electron chi connectivity index (χ3n) is 4.87. The van der Waals surface area contributed by atoms with Crippen molar-refractivity contribution in [3.8, 4) is 0 Å². The van der Waals surface area contributed by atoms with E-state index in [0.29, 0.717) is 0 Å². The minimum absolute atomic E-state index is 0.161. The lowest BCUT2D eigenvalue weighted by Crippen LogP contribution is -2.52. The van der Waals surface area contributed by atoms with Gasteiger partial charge >= 0.3 is 0 Å². The second kappa shape index (κ2) is 5.24. The lowest BCUT2D eigenvalue weighted by molar-refractivity contribution is -0.137. The summed E-state index contributed by atoms with van der Waals surface area (Å²) in [5, 5.41) is 10.2. The van der Waals surface area contributed by atoms with E-state index >= 15 is 0 Å². The first-order chi connectivity index (χ1) is 10.8. The van der Waals surface area contributed by atoms with Gasteiger partial charge in [-0.2, -0.15) is 0 Å². The number of likely N-dealkylation sites (tertiary alicyclic amines) is 1. The van der Waals surface area contributed by atoms with Gasteiger partial charge in [-0.3, -0.25) is 4.79 Å². The number of piperidine rings is 1. The van der Waals surface area contributed by atoms with Crippen molar-refractivity contribution in [1.29, 1.82) is 0 Å². The van der Waals surface area contributed by atoms with Crippen molar-refractivity contribution in [1.82, 2.24) is 19.9 Å². The van der Waals surface area contributed by atoms with Crippen LogP contribution in [0.1, 0.15) is 19.3 Å². The zero-order valence-electron chi connectivity index (χ0n) is 12.3. The summed E-state index contributed by atoms with van der Waals surface area (Å²) in [4.78, 5) is 27.9. The molecule has 7 nitrogen and oxygen atoms in total. The standard InChI is InChI=1S/C15H19N5O2/c21-8-13(22)19-6-1-2-11-12(19)4-7-20(11)15-10-3-5-16-14(10)17-9-18-15/h3,5,9,11-12,21H,1-2,4,6-8H2,(H,16,17,18). The monoisotopic (exact) mass is 301 g/mol. The fourth-order valence-electron chi connectivity index (χ4n) is 3.94. The van der Waals surface area contributed by atoms with Gasteiger partial charge in [0.15, 0.2) is 0 Å². The van der Waals surface area contributed by atoms with E-state index in [1.54, 1.807) is 6.33 Å². The first-order valence-electron chi connectivity index (χ1n) is 7.74. The van der Waals surface area contributed by atoms with Gasteiger partial charge in [-0.05, 0) is 25.3 Å². The van der Waals surface area contributed by atoms with E-state index in [1.165, 1.54) is 0 Å². The summed E-state index contributed by atoms with van der Waals surface area (Å²) in [6, 6.07) is 2.45. The smallest absolute Gasteiger partial charge is 0.248 e. The van der Waals surface area contributed by atoms with Gasteiger partial charge in [0, 0.05) is 19.3 Å². The Bertz CT molecular complexity index is 700. The molecule has 2 fully saturated rings. The molecule has 2 N–H and O–H groups in total. The number of amides is 1. The topological polar surface area (TPSA) is 85.3 Å². The zero-order valence-corrected chi connectivity index (χ0v) is 12.3. The molecule has 2 aliphatic heterocycles. The zero-order chi connectivity index (χ0) is 15.1. The quantitative estimate of drug-likeness (QED) is 0.844. The van der Waals surface area contributed by atoms with Crippen LogP contribution in [0.3, 0.4) is 0 Å². The Morgan fingerprint density at radius 2 is 2.23 bits per heavy atom. The highest BCUT2D eigenvalue weighted by Crippen LogP contribution is 2.35. The number of aliphatic hydroxyl groups excluding tert-OH is 1. The Morgan fingerprint density at radius 3 is 3.09 bits per heavy atom. The highest BCUT2D eigenvalue weighted by atomic mass is 16.3. The molecule has 7 heteroatoms. The Hall–Kier alpha value is -2.15. The van der Waals surface area contributed by atoms with E-state index in [4.69, 9.17) is 0 Å². The Kier molecular flexibility index (Phi) is 3.22. The van der Waals surface area contributed by atoms with Crippen LogP contribution in [0.25, 0.3) is 11.0 Å². The fourth-order valence-corrected chi connectivity index (χ4v) is 3.94. The molecule has 0 bridgehead atoms. The van der Waals surface area contributed by atoms with Crippen molar-refractivity contribution in [2.45, 2.75) is 31.3 Å². The van der Waals surface area contributed by atoms with Gasteiger partial charge in [-0.15, -0.1) is 0 Å². The molecule has 4 rings (SSSR count). The van der Waals surface area contributed by atoms with E-state index in [1.807, 2.05) is 17.2 Å². The molecule has 2 aliphatic rings. The van der Waals surface area contributed by atoms with E-state index in [9.17, 15) is 9.90 Å². The molecule has 22 heavy (non-hydrogen) atoms. The Labute approximate surface area is 128 Å². The molecule has 1 amide bonds. The maximum atomic E-state index is 12.0. The molecule has 0 saturated carbocycles. The Balaban J connectivity index is 1.67. The number of aromatic nitrogens is 3. The van der Waals surface area contributed by atoms with Crippen LogP contribution >= 0.6 is 0 Å². The van der Waals surface area contributed by atoms with E-state index in [-0.39, 0.29) is 18.0 Å². The van der Waals surface area contributed by atoms with Crippen molar-refractivity contribution in [3.63, 3.8) is 0 Å². The lowest BCUT2D eigenvalue weighted by Gasteiger charge is -2.40. The maximum Gasteiger partial charge on any atom is 0.248 e. The largest absolute Gasteiger partial charge is 0.387 e. The van der Waals surface area contributed by atoms with Gasteiger partial charge in [0.1, 0.15) is 24.4 Å². The average molecular weight is 301 g/mol. The molecular formula is C15H19N5O2. The van der Waals surface area contributed by atoms with Crippen molar-refractivity contribution in [2.24, 2.45) is 0 Å². The summed E-state index contributed by atoms with van der Waals surface area (Å²) in [5.74, 6) is 0.781. The SMILES string of the molecule is O=C(CO)N1CCCC2C1CCN2c1ncnc2[nH]ccc12. The summed E-state index contributed by atoms with van der Waals surface area (Å²) >= 11 is 0. The van der Waals surface area contributed by atoms with Gasteiger partial charge < -0.3 is 19.9 Å². The number of rotatable bonds is 2. The van der Waals surface area contributed by atoms with Crippen LogP contribution in [0.2, 0.25) is 0 Å². The second-order valence-corrected chi connectivity index (χ2v) is 5.94. The van der Waals surface area contributed by atoms with Crippen molar-refractivity contribution < 1.29 is 9.90 Å². The summed E-state index contributed by atoms with van der Waals surface area (Å²) in [6.07, 6.45) is 6.40. The summed E-state index contributed by atoms with van der Waals surface area (Å²) in [5.41, 5.74) is 0.840. The van der Waals surface area contributed by atoms with Gasteiger partial charge in [0.25, 0.3) is 0 Å². The fraction of sp³-hybridized carbons (Fsp3) is 0.533. The molecule has 0 aromatic carbocycles. The first-order valence-corrected chi connectivity index (χ1v) is 7.74. The van der Waals surface area contributed by atoms with E-state index in [0.717, 1.165) is 49.2 Å². The van der Waals surface area contributed by atoms with E-state index in [2.05, 4.69) is 19.9 Å². The van der Waals surface area contributed by atoms with Gasteiger partial charge in [0.05, 0.1) is 17.5 Å². The number of hydrogen-bond donors (Lipinski definition) is 2. The lowest BCUT2D eigenvalue weighted by atomic mass is 9.96. The number of nitrogens with zero attached hydrogens (tertiary/aromatic N) is 4. The molecule has 2 aromatic rings. The second-order valence-electron chi connectivity index (χ2n) is 5.94. The van der Waals surface area contributed by atoms with Crippen LogP contribution in [-0.2, 0) is 4.79 Å². The Morgan fingerprint density at radius 1 is 1.32 bits per heavy atom. The van der Waals surface area contributed by atoms with Crippen LogP contribution in [-0.4, -0.2) is 62.6 Å². The number of anilines is 1. The molecule has 2 aromatic heterocycles. The molecule has 116 valence electrons. The molecule has 2 saturated heterocycles. The number of hydrogen-bond acceptors (Lipinski definition) is 5. The summed E-state index contributed by atoms with van der Waals surface area (Å²) in [7, 11) is 0. The summed E-state index contributed by atoms with van der Waals surface area (Å²) in [6.45, 7) is 1.22. The number of H-pyrrole nitrogens is 1. The van der Waals surface area contributed by atoms with Crippen molar-refractivity contribution in [3.05, 3.63) is 18.6 Å². The predicted molar refractivity (Wildman–Crippen MR) is 81.5 cm³/mol. The highest BCUT2D eigenvalue weighted by Gasteiger charge is 2.42. The highest BCUT2D eigenvalue weighted by molar-refractivity contribution is 5.87. The molecule has 2 unspecified atom stereocenters. The van der Waals surface area contributed by atoms with Crippen LogP contribution in [0.4, 0.5) is 5.82 Å². The van der Waals surface area contributed by atoms with Crippen LogP contribution in [0.15, 0.2) is 18.6 Å². The first kappa shape index (κ1) is 13.5. The summed E-state index contributed by atoms with van der Waals surface area (Å²) < 4.78 is 0. The number of carbonyl (C=O) groups excluding carboxylic acids is 1. The predicted octanol–water partition coefficient (Wildman–Crippen LogP) is 0.520. The number of carbonyl (C=O) groups is 1. The maximum absolute atomic E-state index is 12.0.